The summed E-state index contributed by atoms with van der Waals surface area (Å²) in [5.41, 5.74) is 2.38. The van der Waals surface area contributed by atoms with Gasteiger partial charge in [0, 0.05) is 37.3 Å². The number of piperazine rings is 1. The smallest absolute Gasteiger partial charge is 0.336 e. The maximum Gasteiger partial charge on any atom is 0.336 e. The number of halogens is 3. The van der Waals surface area contributed by atoms with Crippen molar-refractivity contribution in [2.45, 2.75) is 32.1 Å². The number of aromatic nitrogens is 1. The molecular formula is C25H33Cl3N4O4S. The summed E-state index contributed by atoms with van der Waals surface area (Å²) in [6.07, 6.45) is 1.10. The van der Waals surface area contributed by atoms with Gasteiger partial charge in [-0.2, -0.15) is 0 Å². The first-order chi connectivity index (χ1) is 16.2. The molecule has 0 atom stereocenters. The third kappa shape index (κ3) is 7.39. The fraction of sp³-hybridized carbons (Fsp3) is 0.360. The van der Waals surface area contributed by atoms with Gasteiger partial charge in [-0.3, -0.25) is 9.62 Å². The monoisotopic (exact) mass is 590 g/mol. The highest BCUT2D eigenvalue weighted by Gasteiger charge is 2.22. The molecule has 1 saturated heterocycles. The van der Waals surface area contributed by atoms with E-state index in [1.54, 1.807) is 37.3 Å². The largest absolute Gasteiger partial charge is 0.478 e. The van der Waals surface area contributed by atoms with E-state index >= 15 is 0 Å². The minimum absolute atomic E-state index is 0. The van der Waals surface area contributed by atoms with Crippen LogP contribution >= 0.6 is 37.2 Å². The molecule has 12 heteroatoms. The van der Waals surface area contributed by atoms with Crippen LogP contribution in [0.4, 0.5) is 11.5 Å². The molecule has 0 bridgehead atoms. The molecule has 4 rings (SSSR count). The zero-order chi connectivity index (χ0) is 24.5. The number of fused-ring (bicyclic) bond motifs is 1. The SMILES string of the molecule is CCCN1CCN(c2cc(C(=O)O)c3cc(NS(=O)(=O)c4cc(C)ccc4C)ccc3n2)CC1.Cl.Cl.Cl. The molecule has 0 amide bonds. The predicted octanol–water partition coefficient (Wildman–Crippen LogP) is 5.15. The van der Waals surface area contributed by atoms with Crippen LogP contribution in [0, 0.1) is 13.8 Å². The highest BCUT2D eigenvalue weighted by atomic mass is 35.5. The third-order valence-corrected chi connectivity index (χ3v) is 7.67. The standard InChI is InChI=1S/C25H30N4O4S.3ClH/c1-4-9-28-10-12-29(13-11-28)24-16-21(25(30)31)20-15-19(7-8-22(20)26-24)27-34(32,33)23-14-17(2)5-6-18(23)3;;;/h5-8,14-16,27H,4,9-13H2,1-3H3,(H,30,31);3*1H. The molecule has 1 aromatic heterocycles. The van der Waals surface area contributed by atoms with Gasteiger partial charge in [0.15, 0.2) is 0 Å². The van der Waals surface area contributed by atoms with Crippen LogP contribution in [0.25, 0.3) is 10.9 Å². The van der Waals surface area contributed by atoms with Crippen LogP contribution in [0.15, 0.2) is 47.4 Å². The van der Waals surface area contributed by atoms with Gasteiger partial charge >= 0.3 is 5.97 Å². The number of pyridine rings is 1. The number of rotatable bonds is 7. The molecule has 0 saturated carbocycles. The second kappa shape index (κ2) is 13.5. The quantitative estimate of drug-likeness (QED) is 0.392. The van der Waals surface area contributed by atoms with Crippen LogP contribution in [0.3, 0.4) is 0 Å². The lowest BCUT2D eigenvalue weighted by atomic mass is 10.1. The van der Waals surface area contributed by atoms with Crippen LogP contribution in [-0.4, -0.2) is 62.1 Å². The number of nitrogens with one attached hydrogen (secondary N) is 1. The Morgan fingerprint density at radius 3 is 2.30 bits per heavy atom. The zero-order valence-electron chi connectivity index (χ0n) is 20.9. The number of nitrogens with zero attached hydrogens (tertiary/aromatic N) is 3. The first-order valence-electron chi connectivity index (χ1n) is 11.4. The molecule has 1 fully saturated rings. The van der Waals surface area contributed by atoms with E-state index in [-0.39, 0.29) is 47.7 Å². The van der Waals surface area contributed by atoms with Gasteiger partial charge in [0.25, 0.3) is 10.0 Å². The van der Waals surface area contributed by atoms with Crippen LogP contribution in [0.1, 0.15) is 34.8 Å². The molecule has 1 aliphatic heterocycles. The highest BCUT2D eigenvalue weighted by molar-refractivity contribution is 7.92. The van der Waals surface area contributed by atoms with Crippen molar-refractivity contribution in [2.75, 3.05) is 42.3 Å². The lowest BCUT2D eigenvalue weighted by Crippen LogP contribution is -2.46. The van der Waals surface area contributed by atoms with Crippen molar-refractivity contribution in [2.24, 2.45) is 0 Å². The summed E-state index contributed by atoms with van der Waals surface area (Å²) >= 11 is 0. The van der Waals surface area contributed by atoms with Crippen LogP contribution in [0.2, 0.25) is 0 Å². The van der Waals surface area contributed by atoms with E-state index in [1.807, 2.05) is 13.0 Å². The molecule has 8 nitrogen and oxygen atoms in total. The molecular weight excluding hydrogens is 559 g/mol. The Morgan fingerprint density at radius 1 is 1.00 bits per heavy atom. The second-order valence-corrected chi connectivity index (χ2v) is 10.4. The molecule has 2 N–H and O–H groups in total. The normalized spacial score (nSPS) is 13.8. The Kier molecular flexibility index (Phi) is 11.9. The van der Waals surface area contributed by atoms with Crippen molar-refractivity contribution < 1.29 is 18.3 Å². The van der Waals surface area contributed by atoms with Gasteiger partial charge in [0.2, 0.25) is 0 Å². The minimum Gasteiger partial charge on any atom is -0.478 e. The molecule has 2 aromatic carbocycles. The molecule has 3 aromatic rings. The molecule has 0 aliphatic carbocycles. The number of carbonyl (C=O) groups is 1. The second-order valence-electron chi connectivity index (χ2n) is 8.77. The Balaban J connectivity index is 0.00000228. The molecule has 0 spiro atoms. The topological polar surface area (TPSA) is 103 Å². The van der Waals surface area contributed by atoms with Crippen molar-refractivity contribution in [3.05, 3.63) is 59.2 Å². The highest BCUT2D eigenvalue weighted by Crippen LogP contribution is 2.28. The predicted molar refractivity (Wildman–Crippen MR) is 156 cm³/mol. The number of hydrogen-bond donors (Lipinski definition) is 2. The third-order valence-electron chi connectivity index (χ3n) is 6.15. The summed E-state index contributed by atoms with van der Waals surface area (Å²) in [6, 6.07) is 11.7. The van der Waals surface area contributed by atoms with Crippen molar-refractivity contribution in [1.29, 1.82) is 0 Å². The number of carboxylic acids is 1. The van der Waals surface area contributed by atoms with Gasteiger partial charge in [-0.1, -0.05) is 19.1 Å². The Hall–Kier alpha value is -2.30. The number of aryl methyl sites for hydroxylation is 2. The molecule has 37 heavy (non-hydrogen) atoms. The molecule has 0 unspecified atom stereocenters. The van der Waals surface area contributed by atoms with E-state index in [9.17, 15) is 18.3 Å². The van der Waals surface area contributed by atoms with Gasteiger partial charge < -0.3 is 10.0 Å². The number of aromatic carboxylic acids is 1. The lowest BCUT2D eigenvalue weighted by Gasteiger charge is -2.35. The van der Waals surface area contributed by atoms with E-state index in [0.29, 0.717) is 28.0 Å². The van der Waals surface area contributed by atoms with Gasteiger partial charge in [-0.15, -0.1) is 37.2 Å². The summed E-state index contributed by atoms with van der Waals surface area (Å²) in [5, 5.41) is 10.3. The average molecular weight is 592 g/mol. The van der Waals surface area contributed by atoms with Crippen molar-refractivity contribution in [1.82, 2.24) is 9.88 Å². The summed E-state index contributed by atoms with van der Waals surface area (Å²) in [7, 11) is -3.83. The summed E-state index contributed by atoms with van der Waals surface area (Å²) in [4.78, 5) is 21.5. The van der Waals surface area contributed by atoms with Crippen LogP contribution in [0.5, 0.6) is 0 Å². The Morgan fingerprint density at radius 2 is 1.68 bits per heavy atom. The number of benzene rings is 2. The van der Waals surface area contributed by atoms with Gasteiger partial charge in [0.05, 0.1) is 16.0 Å². The minimum atomic E-state index is -3.83. The fourth-order valence-electron chi connectivity index (χ4n) is 4.34. The fourth-order valence-corrected chi connectivity index (χ4v) is 5.72. The van der Waals surface area contributed by atoms with E-state index in [4.69, 9.17) is 4.98 Å². The van der Waals surface area contributed by atoms with Crippen molar-refractivity contribution in [3.8, 4) is 0 Å². The molecule has 204 valence electrons. The zero-order valence-corrected chi connectivity index (χ0v) is 24.2. The number of anilines is 2. The molecule has 2 heterocycles. The number of carboxylic acid groups (broad SMARTS) is 1. The van der Waals surface area contributed by atoms with E-state index in [2.05, 4.69) is 21.4 Å². The maximum absolute atomic E-state index is 13.0. The average Bonchev–Trinajstić information content (AvgIpc) is 2.80. The Bertz CT molecular complexity index is 1350. The molecule has 0 radical (unpaired) electrons. The summed E-state index contributed by atoms with van der Waals surface area (Å²) in [6.45, 7) is 10.2. The first-order valence-corrected chi connectivity index (χ1v) is 12.9. The number of hydrogen-bond acceptors (Lipinski definition) is 6. The van der Waals surface area contributed by atoms with Crippen LogP contribution in [-0.2, 0) is 10.0 Å². The van der Waals surface area contributed by atoms with Gasteiger partial charge in [-0.25, -0.2) is 18.2 Å². The van der Waals surface area contributed by atoms with E-state index in [0.717, 1.165) is 44.7 Å². The van der Waals surface area contributed by atoms with Gasteiger partial charge in [0.1, 0.15) is 5.82 Å². The Labute approximate surface area is 236 Å². The summed E-state index contributed by atoms with van der Waals surface area (Å²) in [5.74, 6) is -0.447. The maximum atomic E-state index is 13.0. The van der Waals surface area contributed by atoms with E-state index < -0.39 is 16.0 Å². The number of sulfonamides is 1. The van der Waals surface area contributed by atoms with Gasteiger partial charge in [-0.05, 0) is 68.3 Å². The summed E-state index contributed by atoms with van der Waals surface area (Å²) < 4.78 is 28.6. The van der Waals surface area contributed by atoms with Crippen LogP contribution < -0.4 is 9.62 Å². The lowest BCUT2D eigenvalue weighted by molar-refractivity contribution is 0.0699. The van der Waals surface area contributed by atoms with Crippen molar-refractivity contribution >= 4 is 75.6 Å². The van der Waals surface area contributed by atoms with E-state index in [1.165, 1.54) is 6.07 Å². The first kappa shape index (κ1) is 32.7. The molecule has 1 aliphatic rings. The van der Waals surface area contributed by atoms with Crippen molar-refractivity contribution in [3.63, 3.8) is 0 Å².